The lowest BCUT2D eigenvalue weighted by Crippen LogP contribution is -2.55. The maximum absolute atomic E-state index is 12.9. The molecule has 1 aromatic rings. The second-order valence-electron chi connectivity index (χ2n) is 8.47. The Morgan fingerprint density at radius 1 is 1.29 bits per heavy atom. The molecule has 1 aliphatic heterocycles. The fourth-order valence-corrected chi connectivity index (χ4v) is 3.15. The lowest BCUT2D eigenvalue weighted by molar-refractivity contribution is -0.128. The van der Waals surface area contributed by atoms with Crippen molar-refractivity contribution in [2.24, 2.45) is 0 Å². The van der Waals surface area contributed by atoms with E-state index < -0.39 is 5.54 Å². The summed E-state index contributed by atoms with van der Waals surface area (Å²) in [6.07, 6.45) is 1.86. The predicted molar refractivity (Wildman–Crippen MR) is 107 cm³/mol. The summed E-state index contributed by atoms with van der Waals surface area (Å²) in [6, 6.07) is 2.09. The molecule has 0 atom stereocenters. The average Bonchev–Trinajstić information content (AvgIpc) is 3.15. The fraction of sp³-hybridized carbons (Fsp3) is 0.800. The third kappa shape index (κ3) is 5.76. The Morgan fingerprint density at radius 2 is 1.96 bits per heavy atom. The highest BCUT2D eigenvalue weighted by atomic mass is 16.5. The first-order chi connectivity index (χ1) is 13.2. The zero-order chi connectivity index (χ0) is 20.8. The van der Waals surface area contributed by atoms with Crippen LogP contribution in [-0.2, 0) is 24.4 Å². The van der Waals surface area contributed by atoms with Gasteiger partial charge in [-0.3, -0.25) is 15.0 Å². The van der Waals surface area contributed by atoms with Crippen LogP contribution < -0.4 is 5.32 Å². The Bertz CT molecular complexity index is 623. The zero-order valence-electron chi connectivity index (χ0n) is 18.0. The first-order valence-electron chi connectivity index (χ1n) is 9.84. The van der Waals surface area contributed by atoms with Gasteiger partial charge in [-0.05, 0) is 33.7 Å². The lowest BCUT2D eigenvalue weighted by atomic mass is 9.90. The first-order valence-corrected chi connectivity index (χ1v) is 9.84. The van der Waals surface area contributed by atoms with Crippen LogP contribution in [0.4, 0.5) is 5.88 Å². The maximum atomic E-state index is 12.9. The largest absolute Gasteiger partial charge is 0.382 e. The molecule has 1 N–H and O–H groups in total. The Balaban J connectivity index is 1.96. The van der Waals surface area contributed by atoms with Gasteiger partial charge in [0.25, 0.3) is 0 Å². The van der Waals surface area contributed by atoms with E-state index in [0.29, 0.717) is 31.7 Å². The fourth-order valence-electron chi connectivity index (χ4n) is 3.15. The molecule has 1 aliphatic rings. The van der Waals surface area contributed by atoms with Gasteiger partial charge in [-0.1, -0.05) is 19.0 Å². The summed E-state index contributed by atoms with van der Waals surface area (Å²) in [5.74, 6) is 0.219. The number of rotatable bonds is 10. The monoisotopic (exact) mass is 397 g/mol. The molecule has 1 amide bonds. The minimum Gasteiger partial charge on any atom is -0.382 e. The third-order valence-corrected chi connectivity index (χ3v) is 5.51. The van der Waals surface area contributed by atoms with E-state index in [1.807, 2.05) is 34.7 Å². The van der Waals surface area contributed by atoms with Crippen LogP contribution in [0.5, 0.6) is 0 Å². The van der Waals surface area contributed by atoms with Gasteiger partial charge in [-0.2, -0.15) is 0 Å². The summed E-state index contributed by atoms with van der Waals surface area (Å²) in [6.45, 7) is 10.9. The van der Waals surface area contributed by atoms with E-state index in [2.05, 4.69) is 15.4 Å². The van der Waals surface area contributed by atoms with Crippen molar-refractivity contribution in [2.45, 2.75) is 57.5 Å². The minimum atomic E-state index is -0.687. The molecule has 0 unspecified atom stereocenters. The summed E-state index contributed by atoms with van der Waals surface area (Å²) >= 11 is 0. The van der Waals surface area contributed by atoms with Gasteiger partial charge >= 0.3 is 0 Å². The second kappa shape index (κ2) is 9.82. The van der Waals surface area contributed by atoms with Crippen LogP contribution in [-0.4, -0.2) is 74.7 Å². The highest BCUT2D eigenvalue weighted by molar-refractivity contribution is 5.96. The molecule has 8 nitrogen and oxygen atoms in total. The molecule has 8 heteroatoms. The highest BCUT2D eigenvalue weighted by Crippen LogP contribution is 2.27. The summed E-state index contributed by atoms with van der Waals surface area (Å²) < 4.78 is 21.4. The Hall–Kier alpha value is -1.48. The summed E-state index contributed by atoms with van der Waals surface area (Å²) in [4.78, 5) is 15.0. The number of amides is 1. The molecule has 2 heterocycles. The normalized spacial score (nSPS) is 16.5. The van der Waals surface area contributed by atoms with Crippen molar-refractivity contribution >= 4 is 11.8 Å². The van der Waals surface area contributed by atoms with Crippen LogP contribution in [0.3, 0.4) is 0 Å². The van der Waals surface area contributed by atoms with E-state index in [4.69, 9.17) is 18.7 Å². The predicted octanol–water partition coefficient (Wildman–Crippen LogP) is 2.44. The molecule has 28 heavy (non-hydrogen) atoms. The van der Waals surface area contributed by atoms with Crippen molar-refractivity contribution in [3.63, 3.8) is 0 Å². The second-order valence-corrected chi connectivity index (χ2v) is 8.47. The zero-order valence-corrected chi connectivity index (χ0v) is 18.0. The molecular weight excluding hydrogens is 362 g/mol. The molecule has 0 aromatic carbocycles. The van der Waals surface area contributed by atoms with Crippen LogP contribution in [0.15, 0.2) is 10.6 Å². The number of nitrogens with one attached hydrogen (secondary N) is 1. The van der Waals surface area contributed by atoms with Crippen molar-refractivity contribution in [3.8, 4) is 0 Å². The van der Waals surface area contributed by atoms with E-state index in [9.17, 15) is 4.79 Å². The van der Waals surface area contributed by atoms with Crippen LogP contribution in [0, 0.1) is 0 Å². The molecule has 1 aromatic heterocycles. The number of carbonyl (C=O) groups excluding carboxylic acids is 1. The molecule has 1 fully saturated rings. The van der Waals surface area contributed by atoms with Gasteiger partial charge in [0.1, 0.15) is 0 Å². The Kier molecular flexibility index (Phi) is 8.00. The number of nitrogens with zero attached hydrogens (tertiary/aromatic N) is 2. The molecule has 160 valence electrons. The number of hydrogen-bond acceptors (Lipinski definition) is 7. The third-order valence-electron chi connectivity index (χ3n) is 5.51. The van der Waals surface area contributed by atoms with Crippen molar-refractivity contribution in [1.29, 1.82) is 0 Å². The smallest absolute Gasteiger partial charge is 0.246 e. The van der Waals surface area contributed by atoms with Gasteiger partial charge in [-0.15, -0.1) is 0 Å². The van der Waals surface area contributed by atoms with Crippen molar-refractivity contribution in [1.82, 2.24) is 10.1 Å². The van der Waals surface area contributed by atoms with Crippen LogP contribution in [0.1, 0.15) is 46.2 Å². The van der Waals surface area contributed by atoms with Gasteiger partial charge < -0.3 is 18.7 Å². The van der Waals surface area contributed by atoms with Crippen LogP contribution >= 0.6 is 0 Å². The molecule has 0 spiro atoms. The van der Waals surface area contributed by atoms with Gasteiger partial charge in [-0.25, -0.2) is 0 Å². The van der Waals surface area contributed by atoms with Crippen molar-refractivity contribution in [3.05, 3.63) is 11.8 Å². The number of hydrogen-bond donors (Lipinski definition) is 1. The van der Waals surface area contributed by atoms with E-state index in [-0.39, 0.29) is 11.3 Å². The quantitative estimate of drug-likeness (QED) is 0.607. The Labute approximate surface area is 167 Å². The first kappa shape index (κ1) is 22.8. The number of ether oxygens (including phenoxy) is 3. The number of methoxy groups -OCH3 is 1. The van der Waals surface area contributed by atoms with Gasteiger partial charge in [0.05, 0.1) is 31.1 Å². The standard InChI is InChI=1S/C20H35N3O5/c1-19(2,14-27-12-11-25-6)16-13-17(28-22-16)21-18(24)20(3,4)23(5)15-7-9-26-10-8-15/h13,15H,7-12,14H2,1-6H3,(H,21,24). The SMILES string of the molecule is COCCOCC(C)(C)c1cc(NC(=O)C(C)(C)N(C)C2CCOCC2)on1. The summed E-state index contributed by atoms with van der Waals surface area (Å²) in [5.41, 5.74) is -0.293. The van der Waals surface area contributed by atoms with Gasteiger partial charge in [0.2, 0.25) is 11.8 Å². The molecule has 0 radical (unpaired) electrons. The van der Waals surface area contributed by atoms with Gasteiger partial charge in [0, 0.05) is 37.8 Å². The summed E-state index contributed by atoms with van der Waals surface area (Å²) in [5, 5.41) is 6.99. The topological polar surface area (TPSA) is 86.1 Å². The van der Waals surface area contributed by atoms with E-state index in [1.54, 1.807) is 13.2 Å². The van der Waals surface area contributed by atoms with Crippen molar-refractivity contribution in [2.75, 3.05) is 52.5 Å². The molecule has 0 aliphatic carbocycles. The molecule has 2 rings (SSSR count). The number of anilines is 1. The minimum absolute atomic E-state index is 0.127. The van der Waals surface area contributed by atoms with Gasteiger partial charge in [0.15, 0.2) is 0 Å². The van der Waals surface area contributed by atoms with E-state index >= 15 is 0 Å². The number of carbonyl (C=O) groups is 1. The Morgan fingerprint density at radius 3 is 2.61 bits per heavy atom. The van der Waals surface area contributed by atoms with E-state index in [0.717, 1.165) is 31.7 Å². The number of aromatic nitrogens is 1. The summed E-state index contributed by atoms with van der Waals surface area (Å²) in [7, 11) is 3.63. The number of likely N-dealkylation sites (N-methyl/N-ethyl adjacent to an activating group) is 1. The molecule has 0 bridgehead atoms. The maximum Gasteiger partial charge on any atom is 0.246 e. The van der Waals surface area contributed by atoms with Crippen LogP contribution in [0.25, 0.3) is 0 Å². The van der Waals surface area contributed by atoms with Crippen molar-refractivity contribution < 1.29 is 23.5 Å². The highest BCUT2D eigenvalue weighted by Gasteiger charge is 2.37. The average molecular weight is 398 g/mol. The molecule has 1 saturated heterocycles. The van der Waals surface area contributed by atoms with E-state index in [1.165, 1.54) is 0 Å². The lowest BCUT2D eigenvalue weighted by Gasteiger charge is -2.41. The molecule has 0 saturated carbocycles. The molecular formula is C20H35N3O5. The van der Waals surface area contributed by atoms with Crippen LogP contribution in [0.2, 0.25) is 0 Å².